The van der Waals surface area contributed by atoms with Gasteiger partial charge in [0.05, 0.1) is 12.7 Å². The Labute approximate surface area is 94.2 Å². The molecule has 1 aliphatic heterocycles. The van der Waals surface area contributed by atoms with E-state index in [0.717, 1.165) is 26.2 Å². The molecular formula is C12H26N2O. The van der Waals surface area contributed by atoms with Gasteiger partial charge < -0.3 is 10.1 Å². The normalized spacial score (nSPS) is 23.6. The van der Waals surface area contributed by atoms with Crippen LogP contribution < -0.4 is 5.32 Å². The van der Waals surface area contributed by atoms with Crippen molar-refractivity contribution in [2.45, 2.75) is 45.8 Å². The number of nitrogens with one attached hydrogen (secondary N) is 1. The van der Waals surface area contributed by atoms with E-state index in [9.17, 15) is 0 Å². The fraction of sp³-hybridized carbons (Fsp3) is 1.00. The van der Waals surface area contributed by atoms with Crippen molar-refractivity contribution in [3.8, 4) is 0 Å². The van der Waals surface area contributed by atoms with Gasteiger partial charge in [-0.15, -0.1) is 0 Å². The largest absolute Gasteiger partial charge is 0.376 e. The molecule has 0 aromatic rings. The van der Waals surface area contributed by atoms with Gasteiger partial charge in [0.15, 0.2) is 0 Å². The quantitative estimate of drug-likeness (QED) is 0.678. The molecule has 1 aliphatic rings. The van der Waals surface area contributed by atoms with Gasteiger partial charge in [0.1, 0.15) is 0 Å². The molecule has 3 nitrogen and oxygen atoms in total. The lowest BCUT2D eigenvalue weighted by molar-refractivity contribution is -0.0185. The monoisotopic (exact) mass is 214 g/mol. The summed E-state index contributed by atoms with van der Waals surface area (Å²) < 4.78 is 5.51. The summed E-state index contributed by atoms with van der Waals surface area (Å²) in [5, 5.41) is 3.45. The second-order valence-electron chi connectivity index (χ2n) is 4.80. The third kappa shape index (κ3) is 6.13. The van der Waals surface area contributed by atoms with Crippen LogP contribution in [0.25, 0.3) is 0 Å². The maximum atomic E-state index is 5.51. The van der Waals surface area contributed by atoms with Crippen molar-refractivity contribution in [2.24, 2.45) is 0 Å². The average molecular weight is 214 g/mol. The van der Waals surface area contributed by atoms with Crippen LogP contribution in [0.5, 0.6) is 0 Å². The van der Waals surface area contributed by atoms with Crippen LogP contribution in [-0.2, 0) is 4.74 Å². The third-order valence-electron chi connectivity index (χ3n) is 2.78. The van der Waals surface area contributed by atoms with E-state index in [1.54, 1.807) is 0 Å². The first-order chi connectivity index (χ1) is 7.18. The molecule has 0 aliphatic carbocycles. The lowest BCUT2D eigenvalue weighted by Gasteiger charge is -2.31. The van der Waals surface area contributed by atoms with Crippen LogP contribution in [0.3, 0.4) is 0 Å². The fourth-order valence-corrected chi connectivity index (χ4v) is 1.94. The summed E-state index contributed by atoms with van der Waals surface area (Å²) >= 11 is 0. The van der Waals surface area contributed by atoms with Crippen molar-refractivity contribution in [2.75, 3.05) is 32.8 Å². The van der Waals surface area contributed by atoms with Crippen molar-refractivity contribution >= 4 is 0 Å². The van der Waals surface area contributed by atoms with Gasteiger partial charge in [0.2, 0.25) is 0 Å². The van der Waals surface area contributed by atoms with Crippen molar-refractivity contribution in [1.82, 2.24) is 10.2 Å². The Bertz CT molecular complexity index is 162. The van der Waals surface area contributed by atoms with Crippen molar-refractivity contribution in [3.63, 3.8) is 0 Å². The van der Waals surface area contributed by atoms with Crippen molar-refractivity contribution < 1.29 is 4.74 Å². The van der Waals surface area contributed by atoms with E-state index >= 15 is 0 Å². The zero-order valence-electron chi connectivity index (χ0n) is 10.5. The Hall–Kier alpha value is -0.120. The van der Waals surface area contributed by atoms with Gasteiger partial charge in [-0.25, -0.2) is 0 Å². The Morgan fingerprint density at radius 2 is 2.20 bits per heavy atom. The summed E-state index contributed by atoms with van der Waals surface area (Å²) in [6.45, 7) is 12.1. The first-order valence-corrected chi connectivity index (χ1v) is 6.26. The van der Waals surface area contributed by atoms with Crippen molar-refractivity contribution in [1.29, 1.82) is 0 Å². The van der Waals surface area contributed by atoms with Gasteiger partial charge in [-0.3, -0.25) is 4.90 Å². The minimum absolute atomic E-state index is 0.424. The minimum atomic E-state index is 0.424. The number of rotatable bonds is 6. The topological polar surface area (TPSA) is 24.5 Å². The molecule has 1 saturated heterocycles. The van der Waals surface area contributed by atoms with E-state index in [-0.39, 0.29) is 0 Å². The number of hydrogen-bond acceptors (Lipinski definition) is 3. The number of hydrogen-bond donors (Lipinski definition) is 1. The Kier molecular flexibility index (Phi) is 6.22. The summed E-state index contributed by atoms with van der Waals surface area (Å²) in [5.41, 5.74) is 0. The van der Waals surface area contributed by atoms with E-state index in [0.29, 0.717) is 12.1 Å². The van der Waals surface area contributed by atoms with E-state index in [4.69, 9.17) is 4.74 Å². The molecule has 0 bridgehead atoms. The molecule has 15 heavy (non-hydrogen) atoms. The predicted octanol–water partition coefficient (Wildman–Crippen LogP) is 1.49. The third-order valence-corrected chi connectivity index (χ3v) is 2.78. The minimum Gasteiger partial charge on any atom is -0.376 e. The molecule has 0 radical (unpaired) electrons. The van der Waals surface area contributed by atoms with Gasteiger partial charge in [0.25, 0.3) is 0 Å². The smallest absolute Gasteiger partial charge is 0.0674 e. The highest BCUT2D eigenvalue weighted by molar-refractivity contribution is 4.67. The zero-order valence-corrected chi connectivity index (χ0v) is 10.5. The molecule has 0 aromatic heterocycles. The highest BCUT2D eigenvalue weighted by atomic mass is 16.5. The van der Waals surface area contributed by atoms with E-state index in [1.807, 2.05) is 0 Å². The highest BCUT2D eigenvalue weighted by Gasteiger charge is 2.15. The maximum absolute atomic E-state index is 5.51. The molecular weight excluding hydrogens is 188 g/mol. The first kappa shape index (κ1) is 12.9. The van der Waals surface area contributed by atoms with Gasteiger partial charge in [0, 0.05) is 19.1 Å². The van der Waals surface area contributed by atoms with Crippen LogP contribution in [0.15, 0.2) is 0 Å². The van der Waals surface area contributed by atoms with Crippen LogP contribution in [0, 0.1) is 0 Å². The molecule has 0 aromatic carbocycles. The Morgan fingerprint density at radius 3 is 2.87 bits per heavy atom. The van der Waals surface area contributed by atoms with E-state index in [2.05, 4.69) is 31.0 Å². The standard InChI is InChI=1S/C12H26N2O/c1-11(2)13-6-4-5-7-14-8-9-15-12(3)10-14/h11-13H,4-10H2,1-3H3. The van der Waals surface area contributed by atoms with Crippen LogP contribution in [0.4, 0.5) is 0 Å². The molecule has 0 saturated carbocycles. The molecule has 1 rings (SSSR count). The van der Waals surface area contributed by atoms with Crippen LogP contribution >= 0.6 is 0 Å². The summed E-state index contributed by atoms with van der Waals surface area (Å²) in [5.74, 6) is 0. The fourth-order valence-electron chi connectivity index (χ4n) is 1.94. The second kappa shape index (κ2) is 7.20. The van der Waals surface area contributed by atoms with Gasteiger partial charge in [-0.2, -0.15) is 0 Å². The summed E-state index contributed by atoms with van der Waals surface area (Å²) in [6, 6.07) is 0.619. The maximum Gasteiger partial charge on any atom is 0.0674 e. The van der Waals surface area contributed by atoms with Crippen molar-refractivity contribution in [3.05, 3.63) is 0 Å². The number of ether oxygens (including phenoxy) is 1. The zero-order chi connectivity index (χ0) is 11.1. The molecule has 1 atom stereocenters. The molecule has 0 spiro atoms. The Morgan fingerprint density at radius 1 is 1.40 bits per heavy atom. The van der Waals surface area contributed by atoms with E-state index in [1.165, 1.54) is 19.4 Å². The SMILES string of the molecule is CC(C)NCCCCN1CCOC(C)C1. The molecule has 0 amide bonds. The summed E-state index contributed by atoms with van der Waals surface area (Å²) in [4.78, 5) is 2.52. The van der Waals surface area contributed by atoms with Crippen LogP contribution in [-0.4, -0.2) is 49.8 Å². The molecule has 3 heteroatoms. The molecule has 1 unspecified atom stereocenters. The number of morpholine rings is 1. The number of nitrogens with zero attached hydrogens (tertiary/aromatic N) is 1. The number of unbranched alkanes of at least 4 members (excludes halogenated alkanes) is 1. The summed E-state index contributed by atoms with van der Waals surface area (Å²) in [6.07, 6.45) is 3.00. The summed E-state index contributed by atoms with van der Waals surface area (Å²) in [7, 11) is 0. The first-order valence-electron chi connectivity index (χ1n) is 6.26. The van der Waals surface area contributed by atoms with Gasteiger partial charge in [-0.05, 0) is 32.9 Å². The average Bonchev–Trinajstić information content (AvgIpc) is 2.17. The van der Waals surface area contributed by atoms with Crippen LogP contribution in [0.2, 0.25) is 0 Å². The molecule has 1 fully saturated rings. The van der Waals surface area contributed by atoms with Gasteiger partial charge in [-0.1, -0.05) is 13.8 Å². The second-order valence-corrected chi connectivity index (χ2v) is 4.80. The lowest BCUT2D eigenvalue weighted by atomic mass is 10.2. The van der Waals surface area contributed by atoms with Crippen LogP contribution in [0.1, 0.15) is 33.6 Å². The lowest BCUT2D eigenvalue weighted by Crippen LogP contribution is -2.41. The predicted molar refractivity (Wildman–Crippen MR) is 64.2 cm³/mol. The Balaban J connectivity index is 1.95. The molecule has 90 valence electrons. The molecule has 1 N–H and O–H groups in total. The van der Waals surface area contributed by atoms with E-state index < -0.39 is 0 Å². The van der Waals surface area contributed by atoms with Gasteiger partial charge >= 0.3 is 0 Å². The molecule has 1 heterocycles. The highest BCUT2D eigenvalue weighted by Crippen LogP contribution is 2.05.